The average Bonchev–Trinajstić information content (AvgIpc) is 1.56. The minimum absolute atomic E-state index is 0.00512. The van der Waals surface area contributed by atoms with E-state index in [1.165, 1.54) is 50.4 Å². The smallest absolute Gasteiger partial charge is 0.410 e. The number of methoxy groups -OCH3 is 2. The number of hydrogen-bond donors (Lipinski definition) is 15. The number of benzene rings is 4. The normalized spacial score (nSPS) is 22.4. The van der Waals surface area contributed by atoms with Crippen molar-refractivity contribution in [2.24, 2.45) is 29.6 Å². The first-order valence-corrected chi connectivity index (χ1v) is 44.0. The highest BCUT2D eigenvalue weighted by atomic mass is 16.7. The number of carbonyl (C=O) groups is 12. The van der Waals surface area contributed by atoms with Gasteiger partial charge in [-0.25, -0.2) is 9.59 Å². The van der Waals surface area contributed by atoms with Crippen LogP contribution in [0.4, 0.5) is 16.2 Å². The third-order valence-corrected chi connectivity index (χ3v) is 23.9. The first-order chi connectivity index (χ1) is 61.8. The van der Waals surface area contributed by atoms with Crippen LogP contribution in [0, 0.1) is 41.4 Å². The molecule has 0 bridgehead atoms. The van der Waals surface area contributed by atoms with Gasteiger partial charge >= 0.3 is 12.1 Å². The lowest BCUT2D eigenvalue weighted by atomic mass is 9.89. The van der Waals surface area contributed by atoms with Crippen LogP contribution in [0.2, 0.25) is 0 Å². The minimum Gasteiger partial charge on any atom is -0.479 e. The molecule has 0 spiro atoms. The number of nitrogens with zero attached hydrogens (tertiary/aromatic N) is 4. The quantitative estimate of drug-likeness (QED) is 0.0218. The number of carbonyl (C=O) groups excluding carboxylic acids is 11. The third-order valence-electron chi connectivity index (χ3n) is 23.9. The van der Waals surface area contributed by atoms with Crippen molar-refractivity contribution < 1.29 is 132 Å². The molecule has 4 aromatic rings. The Morgan fingerprint density at radius 2 is 1.22 bits per heavy atom. The molecule has 38 nitrogen and oxygen atoms in total. The van der Waals surface area contributed by atoms with E-state index in [4.69, 9.17) is 33.2 Å². The zero-order chi connectivity index (χ0) is 95.5. The van der Waals surface area contributed by atoms with Gasteiger partial charge in [-0.2, -0.15) is 0 Å². The van der Waals surface area contributed by atoms with Gasteiger partial charge in [-0.15, -0.1) is 0 Å². The molecule has 0 aliphatic carbocycles. The molecule has 4 heterocycles. The number of aliphatic carboxylic acids is 1. The molecule has 15 N–H and O–H groups in total. The Bertz CT molecular complexity index is 4530. The van der Waals surface area contributed by atoms with Crippen molar-refractivity contribution in [2.45, 2.75) is 249 Å². The maximum Gasteiger partial charge on any atom is 0.410 e. The number of ether oxygens (including phenoxy) is 7. The van der Waals surface area contributed by atoms with Gasteiger partial charge in [-0.05, 0) is 90.0 Å². The molecule has 38 heteroatoms. The third kappa shape index (κ3) is 28.2. The summed E-state index contributed by atoms with van der Waals surface area (Å²) in [5.74, 6) is -4.02. The number of aliphatic hydroxyl groups excluding tert-OH is 7. The highest BCUT2D eigenvalue weighted by molar-refractivity contribution is 6.00. The molecule has 0 radical (unpaired) electrons. The fourth-order valence-corrected chi connectivity index (χ4v) is 16.2. The summed E-state index contributed by atoms with van der Waals surface area (Å²) in [5, 5.41) is 101. The Morgan fingerprint density at radius 3 is 1.85 bits per heavy atom. The monoisotopic (exact) mass is 1820 g/mol. The Morgan fingerprint density at radius 1 is 0.585 bits per heavy atom. The van der Waals surface area contributed by atoms with Crippen LogP contribution in [0.3, 0.4) is 0 Å². The second kappa shape index (κ2) is 50.1. The zero-order valence-electron chi connectivity index (χ0n) is 75.8. The van der Waals surface area contributed by atoms with Crippen molar-refractivity contribution in [2.75, 3.05) is 78.0 Å². The van der Waals surface area contributed by atoms with E-state index in [1.807, 2.05) is 50.2 Å². The van der Waals surface area contributed by atoms with Gasteiger partial charge in [0.2, 0.25) is 59.1 Å². The zero-order valence-corrected chi connectivity index (χ0v) is 75.8. The number of nitrogens with one attached hydrogen (secondary N) is 7. The van der Waals surface area contributed by atoms with Crippen LogP contribution in [-0.2, 0) is 105 Å². The van der Waals surface area contributed by atoms with Crippen LogP contribution in [0.5, 0.6) is 0 Å². The number of likely N-dealkylation sites (N-methyl/N-ethyl adjacent to an activating group) is 2. The molecule has 4 aromatic carbocycles. The molecule has 3 saturated heterocycles. The summed E-state index contributed by atoms with van der Waals surface area (Å²) in [6, 6.07) is 21.8. The Kier molecular flexibility index (Phi) is 40.4. The fourth-order valence-electron chi connectivity index (χ4n) is 16.2. The van der Waals surface area contributed by atoms with Gasteiger partial charge in [0.15, 0.2) is 18.7 Å². The standard InChI is InChI=1S/C92H129N11O27/c1-14-53(8)74(65(124-12)45-70(108)102-42-22-30-64(102)81(125-13)54(9)83(115)96-61(44-55-24-16-15-17-25-55)84(116)94-40-23-43-126-90-80(114)77(111)78(112)82(130-90)89(121)122)100(10)88(120)72(51(4)5)99-87(119)73(52(6)7)101(11)92(123)128-48-56-31-35-60(36-32-56)95-85(117)62(49-127-91-79(113)76(110)75(109)66(47-104)129-91)97-86(118)71(50(2)3)98-68(106)39-41-93-67(105)37-38-69(107)103-46-59-28-19-18-26-57(59)33-34-58-27-20-21-29-63(58)103/h15-21,24-29,31-32,35-36,50-54,61-62,64-66,71-82,90-91,104,109-114H,14,22-23,30,37-49H2,1-13H3,(H,93,105)(H,94,116)(H,95,117)(H,96,115)(H,97,118)(H,98,106)(H,99,119)(H,121,122)/t53-,54+,61-,62-,64-,65+,66+,71-,72-,73-,74-,75+,76-,77-,78-,79+,80+,81+,82-,90+,91+/m0/s1. The summed E-state index contributed by atoms with van der Waals surface area (Å²) < 4.78 is 39.8. The summed E-state index contributed by atoms with van der Waals surface area (Å²) in [4.78, 5) is 173. The van der Waals surface area contributed by atoms with Crippen molar-refractivity contribution in [3.8, 4) is 11.8 Å². The number of carboxylic acid groups (broad SMARTS) is 1. The number of hydrogen-bond acceptors (Lipinski definition) is 26. The van der Waals surface area contributed by atoms with Gasteiger partial charge in [-0.3, -0.25) is 52.8 Å². The van der Waals surface area contributed by atoms with Gasteiger partial charge in [0.1, 0.15) is 79.5 Å². The van der Waals surface area contributed by atoms with E-state index in [1.54, 1.807) is 108 Å². The molecule has 21 atom stereocenters. The second-order valence-corrected chi connectivity index (χ2v) is 34.2. The molecule has 130 heavy (non-hydrogen) atoms. The lowest BCUT2D eigenvalue weighted by molar-refractivity contribution is -0.301. The van der Waals surface area contributed by atoms with Crippen LogP contribution in [0.15, 0.2) is 103 Å². The predicted octanol–water partition coefficient (Wildman–Crippen LogP) is 1.10. The molecule has 4 aliphatic rings. The Balaban J connectivity index is 0.845. The van der Waals surface area contributed by atoms with Crippen LogP contribution in [-0.4, -0.2) is 310 Å². The first-order valence-electron chi connectivity index (χ1n) is 44.0. The predicted molar refractivity (Wildman–Crippen MR) is 470 cm³/mol. The maximum atomic E-state index is 15.1. The second-order valence-electron chi connectivity index (χ2n) is 34.2. The van der Waals surface area contributed by atoms with E-state index >= 15 is 4.79 Å². The summed E-state index contributed by atoms with van der Waals surface area (Å²) in [6.45, 7) is 13.9. The van der Waals surface area contributed by atoms with E-state index in [0.717, 1.165) is 21.6 Å². The van der Waals surface area contributed by atoms with E-state index in [0.29, 0.717) is 42.6 Å². The highest BCUT2D eigenvalue weighted by Gasteiger charge is 2.50. The summed E-state index contributed by atoms with van der Waals surface area (Å²) in [6.07, 6.45) is -19.4. The summed E-state index contributed by atoms with van der Waals surface area (Å²) >= 11 is 0. The van der Waals surface area contributed by atoms with Crippen LogP contribution in [0.25, 0.3) is 0 Å². The summed E-state index contributed by atoms with van der Waals surface area (Å²) in [5.41, 5.74) is 4.15. The number of amides is 11. The first kappa shape index (κ1) is 105. The van der Waals surface area contributed by atoms with E-state index in [9.17, 15) is 93.6 Å². The van der Waals surface area contributed by atoms with Crippen LogP contribution in [0.1, 0.15) is 141 Å². The van der Waals surface area contributed by atoms with Gasteiger partial charge in [0.25, 0.3) is 0 Å². The number of para-hydroxylation sites is 1. The van der Waals surface area contributed by atoms with Crippen LogP contribution < -0.4 is 42.1 Å². The molecule has 8 rings (SSSR count). The van der Waals surface area contributed by atoms with Crippen molar-refractivity contribution in [3.63, 3.8) is 0 Å². The van der Waals surface area contributed by atoms with Gasteiger partial charge in [0.05, 0.1) is 68.7 Å². The lowest BCUT2D eigenvalue weighted by Gasteiger charge is -2.41. The molecular weight excluding hydrogens is 1690 g/mol. The van der Waals surface area contributed by atoms with Crippen LogP contribution >= 0.6 is 0 Å². The molecule has 4 aliphatic heterocycles. The number of aliphatic hydroxyl groups is 7. The van der Waals surface area contributed by atoms with E-state index in [2.05, 4.69) is 49.1 Å². The topological polar surface area (TPSA) is 528 Å². The molecule has 0 saturated carbocycles. The van der Waals surface area contributed by atoms with Gasteiger partial charge < -0.3 is 126 Å². The fraction of sp³-hybridized carbons (Fsp3) is 0.587. The number of anilines is 2. The Hall–Kier alpha value is -10.6. The minimum atomic E-state index is -1.91. The van der Waals surface area contributed by atoms with Gasteiger partial charge in [0, 0.05) is 90.4 Å². The SMILES string of the molecule is CC[C@H](C)[C@@H]([C@@H](CC(=O)N1CCC[C@H]1[C@H](OC)[C@@H](C)C(=O)N[C@@H](Cc1ccccc1)C(=O)NCCCO[C@@H]1O[C@H](C(=O)O)[C@@H](O)[C@H](O)[C@H]1O)OC)N(C)C(=O)[C@@H](NC(=O)[C@H](C(C)C)N(C)C(=O)OCc1ccc(NC(=O)[C@H](CO[C@@H]2O[C@H](CO)[C@@H](O)[C@H](O)[C@H]2O)NC(=O)[C@@H](NC(=O)CCNC(=O)CCC(=O)N2Cc3ccccc3C#Cc3ccccc32)C(C)C)cc1)C(C)C. The highest BCUT2D eigenvalue weighted by Crippen LogP contribution is 2.33. The Labute approximate surface area is 756 Å². The molecule has 11 amide bonds. The molecular formula is C92H129N11O27. The number of fused-ring (bicyclic) bond motifs is 2. The molecule has 3 fully saturated rings. The van der Waals surface area contributed by atoms with E-state index in [-0.39, 0.29) is 94.8 Å². The summed E-state index contributed by atoms with van der Waals surface area (Å²) in [7, 11) is 5.82. The molecule has 0 aromatic heterocycles. The number of likely N-dealkylation sites (tertiary alicyclic amines) is 1. The number of carboxylic acids is 1. The van der Waals surface area contributed by atoms with Crippen molar-refractivity contribution in [1.82, 2.24) is 46.6 Å². The maximum absolute atomic E-state index is 15.1. The van der Waals surface area contributed by atoms with Crippen molar-refractivity contribution >= 4 is 82.5 Å². The van der Waals surface area contributed by atoms with Crippen molar-refractivity contribution in [3.05, 3.63) is 131 Å². The van der Waals surface area contributed by atoms with Crippen molar-refractivity contribution in [1.29, 1.82) is 0 Å². The number of rotatable bonds is 45. The molecule has 0 unspecified atom stereocenters. The van der Waals surface area contributed by atoms with Gasteiger partial charge in [-0.1, -0.05) is 153 Å². The average molecular weight is 1820 g/mol. The molecule has 714 valence electrons. The van der Waals surface area contributed by atoms with E-state index < -0.39 is 212 Å². The largest absolute Gasteiger partial charge is 0.479 e. The lowest BCUT2D eigenvalue weighted by Crippen LogP contribution is -2.60.